The van der Waals surface area contributed by atoms with Gasteiger partial charge in [0.1, 0.15) is 17.7 Å². The van der Waals surface area contributed by atoms with E-state index in [0.717, 1.165) is 4.47 Å². The molecule has 0 aliphatic heterocycles. The van der Waals surface area contributed by atoms with Gasteiger partial charge in [0.05, 0.1) is 15.7 Å². The van der Waals surface area contributed by atoms with Crippen LogP contribution in [0.4, 0.5) is 14.5 Å². The van der Waals surface area contributed by atoms with E-state index in [1.807, 2.05) is 6.07 Å². The summed E-state index contributed by atoms with van der Waals surface area (Å²) in [6, 6.07) is 9.59. The summed E-state index contributed by atoms with van der Waals surface area (Å²) in [6.45, 7) is -0.0482. The quantitative estimate of drug-likeness (QED) is 0.736. The van der Waals surface area contributed by atoms with Crippen molar-refractivity contribution in [3.63, 3.8) is 0 Å². The highest BCUT2D eigenvalue weighted by molar-refractivity contribution is 9.10. The molecule has 0 heterocycles. The van der Waals surface area contributed by atoms with E-state index in [2.05, 4.69) is 37.2 Å². The lowest BCUT2D eigenvalue weighted by atomic mass is 10.1. The molecule has 2 nitrogen and oxygen atoms in total. The fourth-order valence-corrected chi connectivity index (χ4v) is 2.41. The molecule has 0 spiro atoms. The van der Waals surface area contributed by atoms with Crippen molar-refractivity contribution in [3.8, 4) is 6.07 Å². The maximum absolute atomic E-state index is 13.8. The summed E-state index contributed by atoms with van der Waals surface area (Å²) >= 11 is 6.28. The second kappa shape index (κ2) is 6.33. The lowest BCUT2D eigenvalue weighted by Gasteiger charge is -2.11. The number of benzene rings is 2. The molecule has 0 amide bonds. The van der Waals surface area contributed by atoms with Gasteiger partial charge < -0.3 is 5.32 Å². The third-order valence-electron chi connectivity index (χ3n) is 2.70. The van der Waals surface area contributed by atoms with Gasteiger partial charge in [-0.1, -0.05) is 15.9 Å². The van der Waals surface area contributed by atoms with Crippen LogP contribution in [-0.4, -0.2) is 0 Å². The number of nitriles is 1. The zero-order valence-corrected chi connectivity index (χ0v) is 13.2. The van der Waals surface area contributed by atoms with Crippen molar-refractivity contribution in [2.75, 3.05) is 5.32 Å². The average molecular weight is 402 g/mol. The van der Waals surface area contributed by atoms with Gasteiger partial charge in [-0.15, -0.1) is 0 Å². The molecule has 0 saturated heterocycles. The van der Waals surface area contributed by atoms with Crippen LogP contribution in [0, 0.1) is 23.0 Å². The smallest absolute Gasteiger partial charge is 0.145 e. The Morgan fingerprint density at radius 2 is 1.90 bits per heavy atom. The van der Waals surface area contributed by atoms with Crippen molar-refractivity contribution in [2.45, 2.75) is 6.54 Å². The van der Waals surface area contributed by atoms with Crippen molar-refractivity contribution in [2.24, 2.45) is 0 Å². The second-order valence-corrected chi connectivity index (χ2v) is 5.75. The van der Waals surface area contributed by atoms with Gasteiger partial charge in [0.2, 0.25) is 0 Å². The largest absolute Gasteiger partial charge is 0.380 e. The molecule has 0 aliphatic rings. The molecule has 0 aromatic heterocycles. The van der Waals surface area contributed by atoms with Crippen molar-refractivity contribution in [1.29, 1.82) is 5.26 Å². The van der Waals surface area contributed by atoms with Gasteiger partial charge in [0.25, 0.3) is 0 Å². The summed E-state index contributed by atoms with van der Waals surface area (Å²) in [7, 11) is 0. The lowest BCUT2D eigenvalue weighted by Crippen LogP contribution is -2.06. The summed E-state index contributed by atoms with van der Waals surface area (Å²) in [4.78, 5) is 0. The molecule has 102 valence electrons. The molecule has 1 N–H and O–H groups in total. The highest BCUT2D eigenvalue weighted by Gasteiger charge is 2.12. The summed E-state index contributed by atoms with van der Waals surface area (Å²) in [6.07, 6.45) is 0. The predicted octanol–water partition coefficient (Wildman–Crippen LogP) is 4.97. The minimum atomic E-state index is -0.645. The third kappa shape index (κ3) is 3.17. The van der Waals surface area contributed by atoms with Gasteiger partial charge in [0, 0.05) is 16.6 Å². The first-order valence-corrected chi connectivity index (χ1v) is 7.17. The number of anilines is 1. The molecule has 2 aromatic rings. The zero-order chi connectivity index (χ0) is 14.7. The van der Waals surface area contributed by atoms with E-state index < -0.39 is 11.6 Å². The Morgan fingerprint density at radius 3 is 2.60 bits per heavy atom. The molecule has 0 bridgehead atoms. The third-order valence-corrected chi connectivity index (χ3v) is 3.80. The van der Waals surface area contributed by atoms with Crippen LogP contribution in [0.5, 0.6) is 0 Å². The van der Waals surface area contributed by atoms with Crippen LogP contribution in [0.15, 0.2) is 39.3 Å². The fraction of sp³-hybridized carbons (Fsp3) is 0.0714. The van der Waals surface area contributed by atoms with E-state index in [-0.39, 0.29) is 16.6 Å². The van der Waals surface area contributed by atoms with Crippen LogP contribution in [0.1, 0.15) is 11.1 Å². The molecule has 20 heavy (non-hydrogen) atoms. The molecule has 0 aliphatic carbocycles. The summed E-state index contributed by atoms with van der Waals surface area (Å²) in [5.41, 5.74) is 0.843. The van der Waals surface area contributed by atoms with Crippen LogP contribution in [0.2, 0.25) is 0 Å². The minimum absolute atomic E-state index is 0.0482. The van der Waals surface area contributed by atoms with Crippen molar-refractivity contribution in [1.82, 2.24) is 0 Å². The number of hydrogen-bond acceptors (Lipinski definition) is 2. The Kier molecular flexibility index (Phi) is 4.73. The molecule has 6 heteroatoms. The second-order valence-electron chi connectivity index (χ2n) is 3.98. The monoisotopic (exact) mass is 400 g/mol. The number of hydrogen-bond donors (Lipinski definition) is 1. The molecule has 0 fully saturated rings. The van der Waals surface area contributed by atoms with Gasteiger partial charge in [-0.2, -0.15) is 5.26 Å². The topological polar surface area (TPSA) is 35.8 Å². The van der Waals surface area contributed by atoms with Crippen LogP contribution < -0.4 is 5.32 Å². The first-order valence-electron chi connectivity index (χ1n) is 5.59. The highest BCUT2D eigenvalue weighted by atomic mass is 79.9. The van der Waals surface area contributed by atoms with E-state index in [4.69, 9.17) is 5.26 Å². The van der Waals surface area contributed by atoms with E-state index in [0.29, 0.717) is 11.3 Å². The van der Waals surface area contributed by atoms with E-state index in [1.165, 1.54) is 12.1 Å². The summed E-state index contributed by atoms with van der Waals surface area (Å²) in [5.74, 6) is -1.28. The number of nitrogens with one attached hydrogen (secondary N) is 1. The zero-order valence-electron chi connectivity index (χ0n) is 10.1. The van der Waals surface area contributed by atoms with Gasteiger partial charge in [-0.25, -0.2) is 8.78 Å². The van der Waals surface area contributed by atoms with Crippen LogP contribution in [0.25, 0.3) is 0 Å². The SMILES string of the molecule is N#Cc1cc(Br)ccc1NCc1c(F)ccc(Br)c1F. The lowest BCUT2D eigenvalue weighted by molar-refractivity contribution is 0.555. The van der Waals surface area contributed by atoms with Crippen LogP contribution >= 0.6 is 31.9 Å². The Morgan fingerprint density at radius 1 is 1.15 bits per heavy atom. The molecule has 0 unspecified atom stereocenters. The molecule has 0 atom stereocenters. The first kappa shape index (κ1) is 14.9. The van der Waals surface area contributed by atoms with Crippen molar-refractivity contribution < 1.29 is 8.78 Å². The molecular weight excluding hydrogens is 394 g/mol. The Hall–Kier alpha value is -1.45. The van der Waals surface area contributed by atoms with E-state index >= 15 is 0 Å². The van der Waals surface area contributed by atoms with Gasteiger partial charge in [0.15, 0.2) is 0 Å². The Balaban J connectivity index is 2.26. The summed E-state index contributed by atoms with van der Waals surface area (Å²) < 4.78 is 28.4. The summed E-state index contributed by atoms with van der Waals surface area (Å²) in [5, 5.41) is 11.9. The van der Waals surface area contributed by atoms with Crippen molar-refractivity contribution in [3.05, 3.63) is 62.0 Å². The predicted molar refractivity (Wildman–Crippen MR) is 80.2 cm³/mol. The van der Waals surface area contributed by atoms with E-state index in [9.17, 15) is 8.78 Å². The highest BCUT2D eigenvalue weighted by Crippen LogP contribution is 2.24. The Bertz CT molecular complexity index is 696. The van der Waals surface area contributed by atoms with Crippen molar-refractivity contribution >= 4 is 37.5 Å². The number of halogens is 4. The minimum Gasteiger partial charge on any atom is -0.380 e. The van der Waals surface area contributed by atoms with Gasteiger partial charge >= 0.3 is 0 Å². The maximum atomic E-state index is 13.8. The van der Waals surface area contributed by atoms with Gasteiger partial charge in [-0.3, -0.25) is 0 Å². The normalized spacial score (nSPS) is 10.2. The van der Waals surface area contributed by atoms with Gasteiger partial charge in [-0.05, 0) is 46.3 Å². The van der Waals surface area contributed by atoms with Crippen LogP contribution in [0.3, 0.4) is 0 Å². The number of nitrogens with zero attached hydrogens (tertiary/aromatic N) is 1. The maximum Gasteiger partial charge on any atom is 0.145 e. The molecule has 0 saturated carbocycles. The van der Waals surface area contributed by atoms with Crippen LogP contribution in [-0.2, 0) is 6.54 Å². The number of rotatable bonds is 3. The average Bonchev–Trinajstić information content (AvgIpc) is 2.44. The molecule has 2 aromatic carbocycles. The first-order chi connectivity index (χ1) is 9.52. The standard InChI is InChI=1S/C14H8Br2F2N2/c15-9-1-4-13(8(5-9)6-19)20-7-10-12(17)3-2-11(16)14(10)18/h1-5,20H,7H2. The fourth-order valence-electron chi connectivity index (χ4n) is 1.68. The molecule has 0 radical (unpaired) electrons. The van der Waals surface area contributed by atoms with E-state index in [1.54, 1.807) is 18.2 Å². The molecular formula is C14H8Br2F2N2. The molecule has 2 rings (SSSR count). The Labute approximate surface area is 131 Å².